The lowest BCUT2D eigenvalue weighted by Crippen LogP contribution is -2.39. The predicted molar refractivity (Wildman–Crippen MR) is 77.5 cm³/mol. The third-order valence-corrected chi connectivity index (χ3v) is 5.77. The molecule has 1 aliphatic heterocycles. The summed E-state index contributed by atoms with van der Waals surface area (Å²) in [6.45, 7) is 1.30. The fourth-order valence-corrected chi connectivity index (χ4v) is 4.30. The fourth-order valence-electron chi connectivity index (χ4n) is 2.40. The zero-order chi connectivity index (χ0) is 14.8. The van der Waals surface area contributed by atoms with Gasteiger partial charge in [-0.3, -0.25) is 4.79 Å². The van der Waals surface area contributed by atoms with Crippen LogP contribution in [0.1, 0.15) is 23.2 Å². The summed E-state index contributed by atoms with van der Waals surface area (Å²) in [7, 11) is -0.243. The summed E-state index contributed by atoms with van der Waals surface area (Å²) in [5.74, 6) is -0.284. The maximum atomic E-state index is 12.7. The van der Waals surface area contributed by atoms with E-state index < -0.39 is 15.1 Å². The predicted octanol–water partition coefficient (Wildman–Crippen LogP) is 0.914. The molecule has 1 fully saturated rings. The molecule has 6 heteroatoms. The van der Waals surface area contributed by atoms with Crippen LogP contribution in [0.15, 0.2) is 29.2 Å². The average molecular weight is 296 g/mol. The maximum absolute atomic E-state index is 12.7. The molecule has 1 atom stereocenters. The van der Waals surface area contributed by atoms with E-state index in [0.29, 0.717) is 13.0 Å². The summed E-state index contributed by atoms with van der Waals surface area (Å²) >= 11 is 0. The third kappa shape index (κ3) is 2.86. The summed E-state index contributed by atoms with van der Waals surface area (Å²) in [6.07, 6.45) is 1.48. The van der Waals surface area contributed by atoms with Crippen molar-refractivity contribution in [2.45, 2.75) is 23.0 Å². The van der Waals surface area contributed by atoms with Crippen LogP contribution in [-0.2, 0) is 9.84 Å². The Balaban J connectivity index is 2.44. The van der Waals surface area contributed by atoms with Crippen LogP contribution in [-0.4, -0.2) is 51.7 Å². The zero-order valence-corrected chi connectivity index (χ0v) is 12.6. The minimum Gasteiger partial charge on any atom is -0.345 e. The molecule has 0 saturated carbocycles. The van der Waals surface area contributed by atoms with Crippen LogP contribution in [0, 0.1) is 0 Å². The van der Waals surface area contributed by atoms with E-state index in [1.54, 1.807) is 32.3 Å². The van der Waals surface area contributed by atoms with Crippen molar-refractivity contribution in [2.24, 2.45) is 0 Å². The van der Waals surface area contributed by atoms with Gasteiger partial charge in [0.1, 0.15) is 0 Å². The summed E-state index contributed by atoms with van der Waals surface area (Å²) in [5.41, 5.74) is 0.253. The van der Waals surface area contributed by atoms with Crippen molar-refractivity contribution in [1.29, 1.82) is 0 Å². The van der Waals surface area contributed by atoms with Crippen molar-refractivity contribution in [3.05, 3.63) is 29.8 Å². The van der Waals surface area contributed by atoms with Crippen LogP contribution >= 0.6 is 0 Å². The summed E-state index contributed by atoms with van der Waals surface area (Å²) in [6, 6.07) is 6.45. The Bertz CT molecular complexity index is 590. The molecular formula is C14H20N2O3S. The van der Waals surface area contributed by atoms with Gasteiger partial charge in [0.05, 0.1) is 15.7 Å². The van der Waals surface area contributed by atoms with Crippen LogP contribution in [0.3, 0.4) is 0 Å². The van der Waals surface area contributed by atoms with E-state index in [1.807, 2.05) is 0 Å². The van der Waals surface area contributed by atoms with Gasteiger partial charge in [-0.25, -0.2) is 8.42 Å². The van der Waals surface area contributed by atoms with E-state index in [-0.39, 0.29) is 16.4 Å². The van der Waals surface area contributed by atoms with E-state index >= 15 is 0 Å². The van der Waals surface area contributed by atoms with Gasteiger partial charge in [0.15, 0.2) is 9.84 Å². The Morgan fingerprint density at radius 3 is 2.60 bits per heavy atom. The highest BCUT2D eigenvalue weighted by Crippen LogP contribution is 2.24. The first-order chi connectivity index (χ1) is 9.44. The number of hydrogen-bond donors (Lipinski definition) is 1. The van der Waals surface area contributed by atoms with Gasteiger partial charge >= 0.3 is 0 Å². The van der Waals surface area contributed by atoms with Crippen LogP contribution in [0.4, 0.5) is 0 Å². The molecule has 1 saturated heterocycles. The summed E-state index contributed by atoms with van der Waals surface area (Å²) in [4.78, 5) is 13.7. The maximum Gasteiger partial charge on any atom is 0.254 e. The molecule has 1 aliphatic rings. The molecular weight excluding hydrogens is 276 g/mol. The minimum absolute atomic E-state index is 0.146. The van der Waals surface area contributed by atoms with Crippen molar-refractivity contribution in [1.82, 2.24) is 10.2 Å². The van der Waals surface area contributed by atoms with Gasteiger partial charge in [-0.05, 0) is 31.5 Å². The number of nitrogens with zero attached hydrogens (tertiary/aromatic N) is 1. The van der Waals surface area contributed by atoms with Crippen LogP contribution in [0.25, 0.3) is 0 Å². The SMILES string of the molecule is CN(C)C(=O)c1ccccc1S(=O)(=O)C1CCCNC1. The van der Waals surface area contributed by atoms with E-state index in [2.05, 4.69) is 5.32 Å². The molecule has 5 nitrogen and oxygen atoms in total. The minimum atomic E-state index is -3.48. The molecule has 1 amide bonds. The Hall–Kier alpha value is -1.40. The van der Waals surface area contributed by atoms with Crippen LogP contribution in [0.5, 0.6) is 0 Å². The Morgan fingerprint density at radius 1 is 1.30 bits per heavy atom. The number of rotatable bonds is 3. The highest BCUT2D eigenvalue weighted by molar-refractivity contribution is 7.92. The Labute approximate surface area is 119 Å². The van der Waals surface area contributed by atoms with Gasteiger partial charge in [-0.15, -0.1) is 0 Å². The summed E-state index contributed by atoms with van der Waals surface area (Å²) < 4.78 is 25.4. The highest BCUT2D eigenvalue weighted by atomic mass is 32.2. The molecule has 2 rings (SSSR count). The second-order valence-corrected chi connectivity index (χ2v) is 7.41. The van der Waals surface area contributed by atoms with Gasteiger partial charge in [0.2, 0.25) is 0 Å². The molecule has 110 valence electrons. The first-order valence-corrected chi connectivity index (χ1v) is 8.24. The lowest BCUT2D eigenvalue weighted by molar-refractivity contribution is 0.0824. The standard InChI is InChI=1S/C14H20N2O3S/c1-16(2)14(17)12-7-3-4-8-13(12)20(18,19)11-6-5-9-15-10-11/h3-4,7-8,11,15H,5-6,9-10H2,1-2H3. The van der Waals surface area contributed by atoms with Crippen LogP contribution < -0.4 is 5.32 Å². The normalized spacial score (nSPS) is 19.6. The quantitative estimate of drug-likeness (QED) is 0.900. The number of benzene rings is 1. The first kappa shape index (κ1) is 15.0. The topological polar surface area (TPSA) is 66.5 Å². The zero-order valence-electron chi connectivity index (χ0n) is 11.8. The number of hydrogen-bond acceptors (Lipinski definition) is 4. The average Bonchev–Trinajstić information content (AvgIpc) is 2.47. The van der Waals surface area contributed by atoms with Gasteiger partial charge < -0.3 is 10.2 Å². The van der Waals surface area contributed by atoms with Crippen molar-refractivity contribution in [3.63, 3.8) is 0 Å². The van der Waals surface area contributed by atoms with E-state index in [0.717, 1.165) is 13.0 Å². The fraction of sp³-hybridized carbons (Fsp3) is 0.500. The van der Waals surface area contributed by atoms with E-state index in [9.17, 15) is 13.2 Å². The number of piperidine rings is 1. The number of nitrogens with one attached hydrogen (secondary N) is 1. The molecule has 1 heterocycles. The largest absolute Gasteiger partial charge is 0.345 e. The second-order valence-electron chi connectivity index (χ2n) is 5.21. The van der Waals surface area contributed by atoms with Crippen LogP contribution in [0.2, 0.25) is 0 Å². The summed E-state index contributed by atoms with van der Waals surface area (Å²) in [5, 5.41) is 2.66. The lowest BCUT2D eigenvalue weighted by Gasteiger charge is -2.24. The monoisotopic (exact) mass is 296 g/mol. The molecule has 1 aromatic carbocycles. The smallest absolute Gasteiger partial charge is 0.254 e. The van der Waals surface area contributed by atoms with Crippen molar-refractivity contribution in [3.8, 4) is 0 Å². The number of amides is 1. The van der Waals surface area contributed by atoms with Gasteiger partial charge in [0.25, 0.3) is 5.91 Å². The van der Waals surface area contributed by atoms with E-state index in [4.69, 9.17) is 0 Å². The number of carbonyl (C=O) groups excluding carboxylic acids is 1. The van der Waals surface area contributed by atoms with Crippen molar-refractivity contribution < 1.29 is 13.2 Å². The first-order valence-electron chi connectivity index (χ1n) is 6.70. The molecule has 0 bridgehead atoms. The second kappa shape index (κ2) is 5.93. The molecule has 20 heavy (non-hydrogen) atoms. The molecule has 0 aliphatic carbocycles. The number of carbonyl (C=O) groups is 1. The Morgan fingerprint density at radius 2 is 2.00 bits per heavy atom. The molecule has 0 aromatic heterocycles. The van der Waals surface area contributed by atoms with E-state index in [1.165, 1.54) is 11.0 Å². The molecule has 0 spiro atoms. The van der Waals surface area contributed by atoms with Gasteiger partial charge in [-0.2, -0.15) is 0 Å². The van der Waals surface area contributed by atoms with Gasteiger partial charge in [-0.1, -0.05) is 12.1 Å². The molecule has 0 radical (unpaired) electrons. The number of sulfone groups is 1. The molecule has 1 N–H and O–H groups in total. The molecule has 1 unspecified atom stereocenters. The van der Waals surface area contributed by atoms with Crippen molar-refractivity contribution >= 4 is 15.7 Å². The molecule has 1 aromatic rings. The van der Waals surface area contributed by atoms with Crippen molar-refractivity contribution in [2.75, 3.05) is 27.2 Å². The highest BCUT2D eigenvalue weighted by Gasteiger charge is 2.32. The lowest BCUT2D eigenvalue weighted by atomic mass is 10.2. The van der Waals surface area contributed by atoms with Gasteiger partial charge in [0, 0.05) is 20.6 Å². The Kier molecular flexibility index (Phi) is 4.45. The third-order valence-electron chi connectivity index (χ3n) is 3.52.